The summed E-state index contributed by atoms with van der Waals surface area (Å²) in [5.74, 6) is -6.43. The summed E-state index contributed by atoms with van der Waals surface area (Å²) in [5.41, 5.74) is -11.1. The molecule has 18 atom stereocenters. The van der Waals surface area contributed by atoms with Gasteiger partial charge in [0.25, 0.3) is 0 Å². The normalized spacial score (nSPS) is 40.9. The van der Waals surface area contributed by atoms with Crippen LogP contribution in [-0.2, 0) is 61.8 Å². The fourth-order valence-electron chi connectivity index (χ4n) is 16.3. The maximum absolute atomic E-state index is 14.9. The maximum atomic E-state index is 14.9. The van der Waals surface area contributed by atoms with E-state index >= 15 is 0 Å². The van der Waals surface area contributed by atoms with Gasteiger partial charge in [-0.15, -0.1) is 0 Å². The second-order valence-electron chi connectivity index (χ2n) is 26.1. The molecule has 6 N–H and O–H groups in total. The molecule has 11 rings (SSSR count). The van der Waals surface area contributed by atoms with Gasteiger partial charge in [0.15, 0.2) is 22.8 Å². The van der Waals surface area contributed by atoms with Crippen molar-refractivity contribution in [3.05, 3.63) is 94.1 Å². The largest absolute Gasteiger partial charge is 0.455 e. The van der Waals surface area contributed by atoms with Crippen LogP contribution in [-0.4, -0.2) is 190 Å². The van der Waals surface area contributed by atoms with Crippen LogP contribution in [0, 0.1) is 33.5 Å². The van der Waals surface area contributed by atoms with E-state index in [4.69, 9.17) is 42.6 Å². The van der Waals surface area contributed by atoms with Gasteiger partial charge in [-0.25, -0.2) is 9.59 Å². The Balaban J connectivity index is 0.000000188. The van der Waals surface area contributed by atoms with E-state index in [0.717, 1.165) is 13.2 Å². The summed E-state index contributed by atoms with van der Waals surface area (Å²) in [6.07, 6.45) is -9.87. The van der Waals surface area contributed by atoms with Gasteiger partial charge >= 0.3 is 23.9 Å². The van der Waals surface area contributed by atoms with Gasteiger partial charge in [0.1, 0.15) is 47.8 Å². The summed E-state index contributed by atoms with van der Waals surface area (Å²) in [4.78, 5) is 81.5. The van der Waals surface area contributed by atoms with Crippen LogP contribution < -0.4 is 0 Å². The molecule has 0 spiro atoms. The van der Waals surface area contributed by atoms with Crippen LogP contribution in [0.1, 0.15) is 128 Å². The van der Waals surface area contributed by atoms with E-state index < -0.39 is 147 Å². The van der Waals surface area contributed by atoms with Crippen molar-refractivity contribution in [3.8, 4) is 0 Å². The predicted octanol–water partition coefficient (Wildman–Crippen LogP) is 4.27. The smallest absolute Gasteiger partial charge is 0.338 e. The number of hydrogen-bond acceptors (Lipinski definition) is 21. The highest BCUT2D eigenvalue weighted by molar-refractivity contribution is 5.95. The third kappa shape index (κ3) is 9.77. The molecule has 4 saturated carbocycles. The number of aliphatic hydroxyl groups is 6. The number of esters is 4. The van der Waals surface area contributed by atoms with E-state index in [1.54, 1.807) is 97.0 Å². The number of aliphatic hydroxyl groups excluding tert-OH is 4. The molecule has 4 bridgehead atoms. The van der Waals surface area contributed by atoms with Crippen molar-refractivity contribution in [2.24, 2.45) is 33.5 Å². The minimum atomic E-state index is -2.07. The Kier molecular flexibility index (Phi) is 17.4. The quantitative estimate of drug-likeness (QED) is 0.122. The lowest BCUT2D eigenvalue weighted by Crippen LogP contribution is -2.82. The number of carbonyl (C=O) groups excluding carboxylic acids is 6. The SMILES string of the molecule is C1CCOC1.CC(=O)O[C@@]12CO[C@@H]1C[C@H](O)[C@@]1(C)C(=O)[C@H](O)C3=C(C)[C@@H](O)C[C@@](O)([C@@H](OC(=O)c4ccccc4)[C@H]21)C3(C)C.CO[C@H]1C(=O)[C@]2(C)[C@@H](OC)C[C@H]3OC[C@@]3(OC(C)=O)[C@H]2[C@H](OC(=O)c2ccccc2)[C@]2(O)C[C@H](O)C(C)=C1C2(C)C. The molecule has 0 radical (unpaired) electrons. The molecule has 466 valence electrons. The van der Waals surface area contributed by atoms with Crippen molar-refractivity contribution in [2.75, 3.05) is 40.6 Å². The van der Waals surface area contributed by atoms with E-state index in [0.29, 0.717) is 16.7 Å². The number of Topliss-reactive ketones (excluding diaryl/α,β-unsaturated/α-hetero) is 2. The second kappa shape index (κ2) is 23.0. The monoisotopic (exact) mass is 1190 g/mol. The van der Waals surface area contributed by atoms with Gasteiger partial charge in [-0.05, 0) is 87.1 Å². The second-order valence-corrected chi connectivity index (χ2v) is 26.1. The Labute approximate surface area is 495 Å². The van der Waals surface area contributed by atoms with E-state index in [2.05, 4.69) is 0 Å². The topological polar surface area (TPSA) is 307 Å². The Bertz CT molecular complexity index is 2980. The maximum Gasteiger partial charge on any atom is 0.338 e. The molecule has 2 aromatic rings. The Morgan fingerprint density at radius 2 is 1.00 bits per heavy atom. The molecule has 3 aliphatic heterocycles. The van der Waals surface area contributed by atoms with E-state index in [1.807, 2.05) is 0 Å². The number of benzene rings is 2. The lowest BCUT2D eigenvalue weighted by Gasteiger charge is -2.67. The molecule has 2 aromatic carbocycles. The standard InChI is InChI=1S/C31H40O10.C29H36O10.C4H8O/c1-16-19(33)14-31(36)26(40-27(35)18-11-9-8-10-12-18)24-29(5,25(34)23(38-7)22(16)28(31,3)4)20(37-6)13-21-30(24,15-39-21)41-17(2)32;1-14-17(31)12-29(36)24(38-25(35)16-9-7-6-8-10-16)22-27(5,23(34)21(33)20(14)26(29,3)4)18(32)11-19-28(22,13-37-19)39-15(2)30;1-2-4-5-3-1/h8-12,19-21,23-24,26,33,36H,13-15H2,1-7H3;6-10,17-19,21-22,24,31-33,36H,11-13H2,1-5H3;1-4H2/t19-,20-,21+,23+,24-,26-,29+,30-,31+;17-,18-,19+,21+,22-,24-,27+,28-,29+;/m00./s1. The van der Waals surface area contributed by atoms with Crippen molar-refractivity contribution < 1.29 is 102 Å². The van der Waals surface area contributed by atoms with Gasteiger partial charge in [0.2, 0.25) is 0 Å². The fourth-order valence-corrected chi connectivity index (χ4v) is 16.3. The molecule has 21 heteroatoms. The first-order chi connectivity index (χ1) is 39.8. The van der Waals surface area contributed by atoms with Crippen molar-refractivity contribution in [1.29, 1.82) is 0 Å². The van der Waals surface area contributed by atoms with Crippen molar-refractivity contribution in [3.63, 3.8) is 0 Å². The number of ketones is 2. The fraction of sp³-hybridized carbons (Fsp3) is 0.656. The third-order valence-electron chi connectivity index (χ3n) is 21.2. The van der Waals surface area contributed by atoms with E-state index in [1.165, 1.54) is 60.0 Å². The first-order valence-electron chi connectivity index (χ1n) is 29.3. The summed E-state index contributed by atoms with van der Waals surface area (Å²) in [7, 11) is 2.89. The minimum absolute atomic E-state index is 0.0704. The highest BCUT2D eigenvalue weighted by Gasteiger charge is 2.80. The van der Waals surface area contributed by atoms with E-state index in [-0.39, 0.29) is 61.4 Å². The summed E-state index contributed by atoms with van der Waals surface area (Å²) in [5, 5.41) is 71.0. The average Bonchev–Trinajstić information content (AvgIpc) is 0.708. The van der Waals surface area contributed by atoms with Crippen LogP contribution in [0.5, 0.6) is 0 Å². The number of hydrogen-bond donors (Lipinski definition) is 6. The molecule has 0 amide bonds. The zero-order chi connectivity index (χ0) is 62.4. The van der Waals surface area contributed by atoms with Crippen molar-refractivity contribution >= 4 is 35.4 Å². The highest BCUT2D eigenvalue weighted by Crippen LogP contribution is 2.66. The molecule has 7 fully saturated rings. The molecule has 9 aliphatic rings. The molecule has 85 heavy (non-hydrogen) atoms. The van der Waals surface area contributed by atoms with Gasteiger partial charge in [0, 0.05) is 77.8 Å². The number of carbonyl (C=O) groups is 6. The van der Waals surface area contributed by atoms with Gasteiger partial charge in [0.05, 0.1) is 71.4 Å². The van der Waals surface area contributed by atoms with Crippen molar-refractivity contribution in [1.82, 2.24) is 0 Å². The first-order valence-corrected chi connectivity index (χ1v) is 29.3. The predicted molar refractivity (Wildman–Crippen MR) is 300 cm³/mol. The van der Waals surface area contributed by atoms with Crippen LogP contribution in [0.15, 0.2) is 83.0 Å². The van der Waals surface area contributed by atoms with Crippen molar-refractivity contribution in [2.45, 2.75) is 191 Å². The van der Waals surface area contributed by atoms with E-state index in [9.17, 15) is 59.4 Å². The van der Waals surface area contributed by atoms with Gasteiger partial charge in [-0.2, -0.15) is 0 Å². The zero-order valence-electron chi connectivity index (χ0n) is 50.6. The number of rotatable bonds is 8. The lowest BCUT2D eigenvalue weighted by atomic mass is 9.44. The first kappa shape index (κ1) is 64.2. The molecule has 21 nitrogen and oxygen atoms in total. The molecule has 0 unspecified atom stereocenters. The molecule has 6 aliphatic carbocycles. The van der Waals surface area contributed by atoms with Gasteiger partial charge in [-0.1, -0.05) is 64.1 Å². The molecular weight excluding hydrogens is 1100 g/mol. The Morgan fingerprint density at radius 3 is 1.39 bits per heavy atom. The molecule has 3 saturated heterocycles. The zero-order valence-corrected chi connectivity index (χ0v) is 50.6. The van der Waals surface area contributed by atoms with Crippen LogP contribution >= 0.6 is 0 Å². The van der Waals surface area contributed by atoms with Gasteiger partial charge < -0.3 is 73.3 Å². The average molecular weight is 1190 g/mol. The summed E-state index contributed by atoms with van der Waals surface area (Å²) in [6, 6.07) is 16.4. The minimum Gasteiger partial charge on any atom is -0.455 e. The molecule has 3 heterocycles. The number of ether oxygens (including phenoxy) is 9. The number of fused-ring (bicyclic) bond motifs is 10. The van der Waals surface area contributed by atoms with Crippen LogP contribution in [0.2, 0.25) is 0 Å². The molecule has 0 aromatic heterocycles. The van der Waals surface area contributed by atoms with Gasteiger partial charge in [-0.3, -0.25) is 19.2 Å². The number of methoxy groups -OCH3 is 2. The third-order valence-corrected chi connectivity index (χ3v) is 21.2. The van der Waals surface area contributed by atoms with Crippen LogP contribution in [0.4, 0.5) is 0 Å². The Hall–Kier alpha value is -5.30. The van der Waals surface area contributed by atoms with Crippen LogP contribution in [0.25, 0.3) is 0 Å². The summed E-state index contributed by atoms with van der Waals surface area (Å²) < 4.78 is 52.7. The summed E-state index contributed by atoms with van der Waals surface area (Å²) in [6.45, 7) is 17.4. The molecular formula is C64H84O21. The Morgan fingerprint density at radius 1 is 0.576 bits per heavy atom. The summed E-state index contributed by atoms with van der Waals surface area (Å²) >= 11 is 0. The highest BCUT2D eigenvalue weighted by atomic mass is 16.6. The lowest BCUT2D eigenvalue weighted by molar-refractivity contribution is -0.347. The van der Waals surface area contributed by atoms with Crippen LogP contribution in [0.3, 0.4) is 0 Å².